The van der Waals surface area contributed by atoms with Crippen LogP contribution in [0.15, 0.2) is 46.9 Å². The lowest BCUT2D eigenvalue weighted by molar-refractivity contribution is -0.116. The second kappa shape index (κ2) is 7.99. The zero-order valence-electron chi connectivity index (χ0n) is 16.0. The molecule has 2 aromatic carbocycles. The van der Waals surface area contributed by atoms with Crippen molar-refractivity contribution in [2.75, 3.05) is 13.7 Å². The fourth-order valence-corrected chi connectivity index (χ4v) is 3.95. The molecule has 2 aliphatic rings. The molecule has 0 spiro atoms. The standard InChI is InChI=1S/C22H21BrN2O4/c1-29-20-10-15(5-8-18(20)23)22(28)25-12-17(26)11-19(25)13-3-2-4-14(9-13)21(27)24-16-6-7-16/h2-5,8-10,16,19H,6-7,11-12H2,1H3,(H,24,27). The van der Waals surface area contributed by atoms with Gasteiger partial charge in [0.05, 0.1) is 24.2 Å². The summed E-state index contributed by atoms with van der Waals surface area (Å²) in [6.45, 7) is 0.0559. The highest BCUT2D eigenvalue weighted by Gasteiger charge is 2.36. The Balaban J connectivity index is 1.60. The van der Waals surface area contributed by atoms with E-state index in [-0.39, 0.29) is 36.6 Å². The maximum absolute atomic E-state index is 13.2. The summed E-state index contributed by atoms with van der Waals surface area (Å²) >= 11 is 3.38. The van der Waals surface area contributed by atoms with Gasteiger partial charge >= 0.3 is 0 Å². The summed E-state index contributed by atoms with van der Waals surface area (Å²) in [5.41, 5.74) is 1.79. The highest BCUT2D eigenvalue weighted by molar-refractivity contribution is 9.10. The van der Waals surface area contributed by atoms with Crippen LogP contribution in [0.5, 0.6) is 5.75 Å². The monoisotopic (exact) mass is 456 g/mol. The molecule has 0 radical (unpaired) electrons. The molecule has 1 N–H and O–H groups in total. The number of carbonyl (C=O) groups excluding carboxylic acids is 3. The van der Waals surface area contributed by atoms with Gasteiger partial charge in [0.25, 0.3) is 11.8 Å². The van der Waals surface area contributed by atoms with Crippen molar-refractivity contribution in [3.05, 3.63) is 63.6 Å². The number of rotatable bonds is 5. The Morgan fingerprint density at radius 3 is 2.66 bits per heavy atom. The van der Waals surface area contributed by atoms with Crippen LogP contribution >= 0.6 is 15.9 Å². The predicted molar refractivity (Wildman–Crippen MR) is 111 cm³/mol. The number of carbonyl (C=O) groups is 3. The number of hydrogen-bond donors (Lipinski definition) is 1. The van der Waals surface area contributed by atoms with Crippen LogP contribution in [0.25, 0.3) is 0 Å². The quantitative estimate of drug-likeness (QED) is 0.746. The average Bonchev–Trinajstić information content (AvgIpc) is 3.46. The van der Waals surface area contributed by atoms with Crippen LogP contribution in [-0.2, 0) is 4.79 Å². The molecule has 1 aliphatic heterocycles. The summed E-state index contributed by atoms with van der Waals surface area (Å²) < 4.78 is 6.03. The molecule has 1 saturated heterocycles. The molecular weight excluding hydrogens is 436 g/mol. The molecule has 1 unspecified atom stereocenters. The number of ketones is 1. The first-order valence-electron chi connectivity index (χ1n) is 9.53. The van der Waals surface area contributed by atoms with Crippen LogP contribution < -0.4 is 10.1 Å². The molecule has 1 heterocycles. The first kappa shape index (κ1) is 19.6. The van der Waals surface area contributed by atoms with Crippen molar-refractivity contribution < 1.29 is 19.1 Å². The van der Waals surface area contributed by atoms with E-state index in [0.29, 0.717) is 16.9 Å². The van der Waals surface area contributed by atoms with Gasteiger partial charge in [-0.1, -0.05) is 12.1 Å². The highest BCUT2D eigenvalue weighted by atomic mass is 79.9. The fourth-order valence-electron chi connectivity index (χ4n) is 3.54. The minimum atomic E-state index is -0.390. The lowest BCUT2D eigenvalue weighted by atomic mass is 10.0. The van der Waals surface area contributed by atoms with E-state index in [4.69, 9.17) is 4.74 Å². The number of methoxy groups -OCH3 is 1. The summed E-state index contributed by atoms with van der Waals surface area (Å²) in [5.74, 6) is 0.200. The number of nitrogens with one attached hydrogen (secondary N) is 1. The molecule has 1 saturated carbocycles. The van der Waals surface area contributed by atoms with E-state index < -0.39 is 6.04 Å². The van der Waals surface area contributed by atoms with Gasteiger partial charge in [-0.3, -0.25) is 14.4 Å². The molecule has 0 bridgehead atoms. The van der Waals surface area contributed by atoms with Gasteiger partial charge in [-0.25, -0.2) is 0 Å². The van der Waals surface area contributed by atoms with Crippen molar-refractivity contribution in [1.29, 1.82) is 0 Å². The largest absolute Gasteiger partial charge is 0.496 e. The number of benzene rings is 2. The molecule has 2 amide bonds. The number of amides is 2. The molecular formula is C22H21BrN2O4. The van der Waals surface area contributed by atoms with E-state index in [1.807, 2.05) is 6.07 Å². The third-order valence-electron chi connectivity index (χ3n) is 5.25. The molecule has 2 fully saturated rings. The molecule has 1 atom stereocenters. The van der Waals surface area contributed by atoms with Crippen LogP contribution in [0, 0.1) is 0 Å². The lowest BCUT2D eigenvalue weighted by Gasteiger charge is -2.25. The minimum absolute atomic E-state index is 0.000242. The van der Waals surface area contributed by atoms with Gasteiger partial charge in [0.15, 0.2) is 5.78 Å². The Hall–Kier alpha value is -2.67. The first-order valence-corrected chi connectivity index (χ1v) is 10.3. The predicted octanol–water partition coefficient (Wildman–Crippen LogP) is 3.51. The zero-order valence-corrected chi connectivity index (χ0v) is 17.6. The van der Waals surface area contributed by atoms with Gasteiger partial charge in [-0.15, -0.1) is 0 Å². The number of nitrogens with zero attached hydrogens (tertiary/aromatic N) is 1. The van der Waals surface area contributed by atoms with Crippen LogP contribution in [0.3, 0.4) is 0 Å². The first-order chi connectivity index (χ1) is 14.0. The van der Waals surface area contributed by atoms with Gasteiger partial charge in [-0.05, 0) is 64.7 Å². The van der Waals surface area contributed by atoms with Gasteiger partial charge < -0.3 is 15.0 Å². The highest BCUT2D eigenvalue weighted by Crippen LogP contribution is 2.33. The summed E-state index contributed by atoms with van der Waals surface area (Å²) in [6, 6.07) is 12.2. The zero-order chi connectivity index (χ0) is 20.5. The maximum atomic E-state index is 13.2. The molecule has 6 nitrogen and oxygen atoms in total. The van der Waals surface area contributed by atoms with Crippen LogP contribution in [0.2, 0.25) is 0 Å². The second-order valence-electron chi connectivity index (χ2n) is 7.41. The summed E-state index contributed by atoms with van der Waals surface area (Å²) in [7, 11) is 1.54. The Morgan fingerprint density at radius 2 is 1.93 bits per heavy atom. The van der Waals surface area contributed by atoms with E-state index in [9.17, 15) is 14.4 Å². The number of hydrogen-bond acceptors (Lipinski definition) is 4. The second-order valence-corrected chi connectivity index (χ2v) is 8.27. The Labute approximate surface area is 177 Å². The number of ether oxygens (including phenoxy) is 1. The van der Waals surface area contributed by atoms with Crippen molar-refractivity contribution in [1.82, 2.24) is 10.2 Å². The minimum Gasteiger partial charge on any atom is -0.496 e. The van der Waals surface area contributed by atoms with Crippen LogP contribution in [0.4, 0.5) is 0 Å². The van der Waals surface area contributed by atoms with Crippen molar-refractivity contribution in [3.8, 4) is 5.75 Å². The lowest BCUT2D eigenvalue weighted by Crippen LogP contribution is -2.31. The Kier molecular flexibility index (Phi) is 5.41. The van der Waals surface area contributed by atoms with E-state index in [0.717, 1.165) is 22.9 Å². The van der Waals surface area contributed by atoms with Gasteiger partial charge in [0.1, 0.15) is 5.75 Å². The van der Waals surface area contributed by atoms with E-state index in [2.05, 4.69) is 21.2 Å². The third-order valence-corrected chi connectivity index (χ3v) is 5.90. The molecule has 0 aromatic heterocycles. The molecule has 1 aliphatic carbocycles. The third kappa shape index (κ3) is 4.19. The molecule has 4 rings (SSSR count). The average molecular weight is 457 g/mol. The van der Waals surface area contributed by atoms with Gasteiger partial charge in [-0.2, -0.15) is 0 Å². The maximum Gasteiger partial charge on any atom is 0.254 e. The van der Waals surface area contributed by atoms with Gasteiger partial charge in [0, 0.05) is 23.6 Å². The molecule has 2 aromatic rings. The van der Waals surface area contributed by atoms with Crippen molar-refractivity contribution in [3.63, 3.8) is 0 Å². The van der Waals surface area contributed by atoms with Crippen molar-refractivity contribution in [2.24, 2.45) is 0 Å². The number of likely N-dealkylation sites (tertiary alicyclic amines) is 1. The molecule has 29 heavy (non-hydrogen) atoms. The smallest absolute Gasteiger partial charge is 0.254 e. The van der Waals surface area contributed by atoms with Crippen LogP contribution in [0.1, 0.15) is 51.6 Å². The Morgan fingerprint density at radius 1 is 1.14 bits per heavy atom. The van der Waals surface area contributed by atoms with Crippen molar-refractivity contribution >= 4 is 33.5 Å². The van der Waals surface area contributed by atoms with Gasteiger partial charge in [0.2, 0.25) is 0 Å². The molecule has 150 valence electrons. The van der Waals surface area contributed by atoms with E-state index >= 15 is 0 Å². The fraction of sp³-hybridized carbons (Fsp3) is 0.318. The van der Waals surface area contributed by atoms with Crippen LogP contribution in [-0.4, -0.2) is 42.2 Å². The van der Waals surface area contributed by atoms with E-state index in [1.54, 1.807) is 41.3 Å². The normalized spacial score (nSPS) is 18.6. The number of halogens is 1. The number of Topliss-reactive ketones (excluding diaryl/α,β-unsaturated/α-hetero) is 1. The molecule has 7 heteroatoms. The van der Waals surface area contributed by atoms with Crippen molar-refractivity contribution in [2.45, 2.75) is 31.3 Å². The summed E-state index contributed by atoms with van der Waals surface area (Å²) in [5, 5.41) is 2.97. The topological polar surface area (TPSA) is 75.7 Å². The summed E-state index contributed by atoms with van der Waals surface area (Å²) in [6.07, 6.45) is 2.27. The van der Waals surface area contributed by atoms with E-state index in [1.165, 1.54) is 7.11 Å². The summed E-state index contributed by atoms with van der Waals surface area (Å²) in [4.78, 5) is 39.3. The Bertz CT molecular complexity index is 987. The SMILES string of the molecule is COc1cc(C(=O)N2CC(=O)CC2c2cccc(C(=O)NC3CC3)c2)ccc1Br.